The number of hydrogen-bond donors (Lipinski definition) is 0. The molecule has 0 amide bonds. The number of likely N-dealkylation sites (N-methyl/N-ethyl adjacent to an activating group) is 1. The molecule has 0 aliphatic carbocycles. The van der Waals surface area contributed by atoms with Gasteiger partial charge >= 0.3 is 0 Å². The molecule has 0 saturated carbocycles. The number of hydrogen-bond acceptors (Lipinski definition) is 2. The summed E-state index contributed by atoms with van der Waals surface area (Å²) in [4.78, 5) is 0. The number of nitrogens with zero attached hydrogens (tertiary/aromatic N) is 1. The average Bonchev–Trinajstić information content (AvgIpc) is 2.63. The molecular weight excluding hydrogens is 370 g/mol. The highest BCUT2D eigenvalue weighted by Gasteiger charge is 2.27. The molecule has 0 bridgehead atoms. The summed E-state index contributed by atoms with van der Waals surface area (Å²) in [5.41, 5.74) is 3.10. The topological polar surface area (TPSA) is 18.5 Å². The monoisotopic (exact) mass is 412 g/mol. The molecule has 0 aromatic heterocycles. The molecule has 0 N–H and O–H groups in total. The van der Waals surface area contributed by atoms with E-state index in [2.05, 4.69) is 97.2 Å². The largest absolute Gasteiger partial charge is 0.491 e. The van der Waals surface area contributed by atoms with Crippen molar-refractivity contribution in [1.29, 1.82) is 0 Å². The van der Waals surface area contributed by atoms with Gasteiger partial charge in [-0.3, -0.25) is 0 Å². The fourth-order valence-corrected chi connectivity index (χ4v) is 4.22. The first-order valence-corrected chi connectivity index (χ1v) is 11.1. The lowest BCUT2D eigenvalue weighted by Gasteiger charge is -2.33. The maximum absolute atomic E-state index is 5.97. The summed E-state index contributed by atoms with van der Waals surface area (Å²) in [6.07, 6.45) is 1.13. The molecule has 3 nitrogen and oxygen atoms in total. The maximum Gasteiger partial charge on any atom is 0.119 e. The van der Waals surface area contributed by atoms with Crippen LogP contribution in [0.5, 0.6) is 5.75 Å². The van der Waals surface area contributed by atoms with Crippen molar-refractivity contribution >= 4 is 0 Å². The summed E-state index contributed by atoms with van der Waals surface area (Å²) in [5, 5.41) is 0. The molecule has 0 radical (unpaired) electrons. The van der Waals surface area contributed by atoms with Crippen LogP contribution in [-0.4, -0.2) is 44.9 Å². The Kier molecular flexibility index (Phi) is 8.52. The van der Waals surface area contributed by atoms with Crippen LogP contribution >= 0.6 is 0 Å². The van der Waals surface area contributed by atoms with E-state index in [-0.39, 0.29) is 5.41 Å². The Hall–Kier alpha value is -1.84. The quantitative estimate of drug-likeness (QED) is 0.329. The third-order valence-corrected chi connectivity index (χ3v) is 5.38. The summed E-state index contributed by atoms with van der Waals surface area (Å²) >= 11 is 0. The van der Waals surface area contributed by atoms with Crippen molar-refractivity contribution in [3.63, 3.8) is 0 Å². The van der Waals surface area contributed by atoms with Crippen LogP contribution in [0.4, 0.5) is 0 Å². The minimum Gasteiger partial charge on any atom is -0.491 e. The number of ether oxygens (including phenoxy) is 2. The van der Waals surface area contributed by atoms with Crippen molar-refractivity contribution in [1.82, 2.24) is 0 Å². The molecule has 0 saturated heterocycles. The van der Waals surface area contributed by atoms with Gasteiger partial charge in [-0.05, 0) is 34.9 Å². The highest BCUT2D eigenvalue weighted by molar-refractivity contribution is 5.33. The van der Waals surface area contributed by atoms with E-state index >= 15 is 0 Å². The first-order valence-electron chi connectivity index (χ1n) is 11.1. The van der Waals surface area contributed by atoms with Crippen molar-refractivity contribution in [3.8, 4) is 5.75 Å². The Morgan fingerprint density at radius 1 is 0.800 bits per heavy atom. The second kappa shape index (κ2) is 10.5. The van der Waals surface area contributed by atoms with Crippen LogP contribution in [0, 0.1) is 5.41 Å². The molecule has 2 rings (SSSR count). The van der Waals surface area contributed by atoms with Gasteiger partial charge in [0.2, 0.25) is 0 Å². The molecule has 0 spiro atoms. The number of benzene rings is 2. The predicted octanol–water partition coefficient (Wildman–Crippen LogP) is 6.07. The third kappa shape index (κ3) is 8.89. The second-order valence-electron chi connectivity index (χ2n) is 10.9. The van der Waals surface area contributed by atoms with Crippen molar-refractivity contribution in [2.24, 2.45) is 5.41 Å². The first-order chi connectivity index (χ1) is 14.0. The van der Waals surface area contributed by atoms with Crippen LogP contribution < -0.4 is 4.74 Å². The SMILES string of the molecule is CC(C)(C)CC(C)(C)c1cccc(OCCOCC[N+](C)(C)Cc2ccccc2)c1. The smallest absolute Gasteiger partial charge is 0.119 e. The highest BCUT2D eigenvalue weighted by atomic mass is 16.5. The van der Waals surface area contributed by atoms with Crippen molar-refractivity contribution in [3.05, 3.63) is 65.7 Å². The van der Waals surface area contributed by atoms with E-state index in [0.29, 0.717) is 18.6 Å². The second-order valence-corrected chi connectivity index (χ2v) is 10.9. The van der Waals surface area contributed by atoms with Crippen molar-refractivity contribution in [2.75, 3.05) is 40.5 Å². The van der Waals surface area contributed by atoms with Gasteiger partial charge in [0.1, 0.15) is 25.4 Å². The van der Waals surface area contributed by atoms with E-state index in [1.54, 1.807) is 0 Å². The fourth-order valence-electron chi connectivity index (χ4n) is 4.22. The molecule has 0 aliphatic rings. The molecule has 3 heteroatoms. The van der Waals surface area contributed by atoms with Gasteiger partial charge in [0, 0.05) is 5.56 Å². The molecular formula is C27H42NO2+. The van der Waals surface area contributed by atoms with Crippen LogP contribution in [0.2, 0.25) is 0 Å². The van der Waals surface area contributed by atoms with Gasteiger partial charge in [0.05, 0.1) is 27.3 Å². The minimum absolute atomic E-state index is 0.121. The van der Waals surface area contributed by atoms with E-state index < -0.39 is 0 Å². The van der Waals surface area contributed by atoms with E-state index in [9.17, 15) is 0 Å². The Balaban J connectivity index is 1.73. The summed E-state index contributed by atoms with van der Waals surface area (Å²) in [6.45, 7) is 15.4. The molecule has 0 aliphatic heterocycles. The van der Waals surface area contributed by atoms with Crippen LogP contribution in [0.1, 0.15) is 52.2 Å². The number of quaternary nitrogens is 1. The Labute approximate surface area is 184 Å². The Morgan fingerprint density at radius 2 is 1.50 bits per heavy atom. The van der Waals surface area contributed by atoms with E-state index in [1.165, 1.54) is 11.1 Å². The minimum atomic E-state index is 0.121. The highest BCUT2D eigenvalue weighted by Crippen LogP contribution is 2.37. The van der Waals surface area contributed by atoms with Gasteiger partial charge in [-0.2, -0.15) is 0 Å². The van der Waals surface area contributed by atoms with Gasteiger partial charge in [-0.1, -0.05) is 77.1 Å². The molecule has 0 unspecified atom stereocenters. The molecule has 2 aromatic carbocycles. The van der Waals surface area contributed by atoms with Crippen LogP contribution in [0.3, 0.4) is 0 Å². The lowest BCUT2D eigenvalue weighted by atomic mass is 9.72. The van der Waals surface area contributed by atoms with E-state index in [4.69, 9.17) is 9.47 Å². The standard InChI is InChI=1S/C27H42NO2/c1-26(2,3)22-27(4,5)24-14-11-15-25(20-24)30-19-18-29-17-16-28(6,7)21-23-12-9-8-10-13-23/h8-15,20H,16-19,21-22H2,1-7H3/q+1. The summed E-state index contributed by atoms with van der Waals surface area (Å²) in [7, 11) is 4.50. The van der Waals surface area contributed by atoms with Crippen LogP contribution in [-0.2, 0) is 16.7 Å². The normalized spacial score (nSPS) is 12.8. The van der Waals surface area contributed by atoms with Crippen molar-refractivity contribution < 1.29 is 14.0 Å². The van der Waals surface area contributed by atoms with Gasteiger partial charge in [0.15, 0.2) is 0 Å². The summed E-state index contributed by atoms with van der Waals surface area (Å²) < 4.78 is 12.7. The van der Waals surface area contributed by atoms with E-state index in [0.717, 1.165) is 36.3 Å². The van der Waals surface area contributed by atoms with Gasteiger partial charge in [-0.25, -0.2) is 0 Å². The van der Waals surface area contributed by atoms with Crippen LogP contribution in [0.25, 0.3) is 0 Å². The molecule has 166 valence electrons. The third-order valence-electron chi connectivity index (χ3n) is 5.38. The summed E-state index contributed by atoms with van der Waals surface area (Å²) in [6, 6.07) is 19.2. The molecule has 2 aromatic rings. The zero-order chi connectivity index (χ0) is 22.3. The number of rotatable bonds is 11. The zero-order valence-electron chi connectivity index (χ0n) is 20.2. The summed E-state index contributed by atoms with van der Waals surface area (Å²) in [5.74, 6) is 0.929. The molecule has 0 fully saturated rings. The lowest BCUT2D eigenvalue weighted by molar-refractivity contribution is -0.904. The Morgan fingerprint density at radius 3 is 2.17 bits per heavy atom. The fraction of sp³-hybridized carbons (Fsp3) is 0.556. The van der Waals surface area contributed by atoms with Gasteiger partial charge in [-0.15, -0.1) is 0 Å². The van der Waals surface area contributed by atoms with Gasteiger partial charge in [0.25, 0.3) is 0 Å². The average molecular weight is 413 g/mol. The van der Waals surface area contributed by atoms with Gasteiger partial charge < -0.3 is 14.0 Å². The molecule has 30 heavy (non-hydrogen) atoms. The zero-order valence-corrected chi connectivity index (χ0v) is 20.2. The molecule has 0 heterocycles. The van der Waals surface area contributed by atoms with E-state index in [1.807, 2.05) is 6.07 Å². The van der Waals surface area contributed by atoms with Crippen molar-refractivity contribution in [2.45, 2.75) is 53.0 Å². The Bertz CT molecular complexity index is 760. The predicted molar refractivity (Wildman–Crippen MR) is 127 cm³/mol. The van der Waals surface area contributed by atoms with Crippen LogP contribution in [0.15, 0.2) is 54.6 Å². The maximum atomic E-state index is 5.97. The molecule has 0 atom stereocenters. The first kappa shape index (κ1) is 24.4. The lowest BCUT2D eigenvalue weighted by Crippen LogP contribution is -2.41.